The van der Waals surface area contributed by atoms with Gasteiger partial charge in [0, 0.05) is 6.07 Å². The van der Waals surface area contributed by atoms with Crippen LogP contribution in [-0.4, -0.2) is 33.5 Å². The predicted molar refractivity (Wildman–Crippen MR) is 100 cm³/mol. The summed E-state index contributed by atoms with van der Waals surface area (Å²) in [4.78, 5) is 12.6. The van der Waals surface area contributed by atoms with E-state index in [1.54, 1.807) is 32.4 Å². The molecule has 1 fully saturated rings. The summed E-state index contributed by atoms with van der Waals surface area (Å²) in [6, 6.07) is 10.8. The Balaban J connectivity index is 1.48. The number of fused-ring (bicyclic) bond motifs is 1. The van der Waals surface area contributed by atoms with E-state index in [0.29, 0.717) is 30.4 Å². The van der Waals surface area contributed by atoms with Crippen LogP contribution >= 0.6 is 0 Å². The Bertz CT molecular complexity index is 863. The molecule has 0 saturated heterocycles. The van der Waals surface area contributed by atoms with Crippen molar-refractivity contribution in [1.82, 2.24) is 5.32 Å². The van der Waals surface area contributed by atoms with Gasteiger partial charge in [-0.1, -0.05) is 6.07 Å². The van der Waals surface area contributed by atoms with Crippen molar-refractivity contribution in [3.8, 4) is 23.0 Å². The minimum Gasteiger partial charge on any atom is -0.497 e. The highest BCUT2D eigenvalue weighted by atomic mass is 16.6. The van der Waals surface area contributed by atoms with Gasteiger partial charge in [-0.25, -0.2) is 4.79 Å². The number of hydrogen-bond acceptors (Lipinski definition) is 5. The van der Waals surface area contributed by atoms with Crippen LogP contribution < -0.4 is 29.6 Å². The van der Waals surface area contributed by atoms with Gasteiger partial charge in [-0.3, -0.25) is 0 Å². The minimum atomic E-state index is -0.375. The smallest absolute Gasteiger partial charge is 0.320 e. The molecular weight excluding hydrogens is 348 g/mol. The largest absolute Gasteiger partial charge is 0.497 e. The summed E-state index contributed by atoms with van der Waals surface area (Å²) in [6.45, 7) is 1.09. The van der Waals surface area contributed by atoms with Crippen LogP contribution in [0.15, 0.2) is 36.4 Å². The molecule has 2 aromatic rings. The molecule has 7 heteroatoms. The Morgan fingerprint density at radius 3 is 2.48 bits per heavy atom. The van der Waals surface area contributed by atoms with E-state index in [4.69, 9.17) is 18.9 Å². The third kappa shape index (κ3) is 3.45. The maximum absolute atomic E-state index is 12.6. The highest BCUT2D eigenvalue weighted by Gasteiger charge is 2.46. The monoisotopic (exact) mass is 370 g/mol. The normalized spacial score (nSPS) is 16.2. The maximum atomic E-state index is 12.6. The van der Waals surface area contributed by atoms with Gasteiger partial charge in [0.05, 0.1) is 25.4 Å². The molecule has 1 aliphatic heterocycles. The molecule has 2 aliphatic rings. The van der Waals surface area contributed by atoms with Gasteiger partial charge >= 0.3 is 6.03 Å². The zero-order valence-corrected chi connectivity index (χ0v) is 15.3. The van der Waals surface area contributed by atoms with E-state index < -0.39 is 0 Å². The predicted octanol–water partition coefficient (Wildman–Crippen LogP) is 3.29. The number of nitrogens with one attached hydrogen (secondary N) is 2. The molecule has 2 amide bonds. The summed E-state index contributed by atoms with van der Waals surface area (Å²) >= 11 is 0. The van der Waals surface area contributed by atoms with E-state index in [1.165, 1.54) is 0 Å². The van der Waals surface area contributed by atoms with Crippen LogP contribution in [0, 0.1) is 0 Å². The molecule has 0 unspecified atom stereocenters. The molecular formula is C20H22N2O5. The Hall–Kier alpha value is -3.09. The second-order valence-electron chi connectivity index (χ2n) is 6.59. The lowest BCUT2D eigenvalue weighted by Gasteiger charge is -2.23. The minimum absolute atomic E-state index is 0.286. The van der Waals surface area contributed by atoms with Gasteiger partial charge in [0.1, 0.15) is 24.7 Å². The van der Waals surface area contributed by atoms with Gasteiger partial charge in [-0.2, -0.15) is 0 Å². The Kier molecular flexibility index (Phi) is 4.43. The van der Waals surface area contributed by atoms with Crippen LogP contribution in [0.4, 0.5) is 10.5 Å². The molecule has 4 rings (SSSR count). The van der Waals surface area contributed by atoms with E-state index >= 15 is 0 Å². The number of rotatable bonds is 5. The summed E-state index contributed by atoms with van der Waals surface area (Å²) in [5.74, 6) is 2.67. The average Bonchev–Trinajstić information content (AvgIpc) is 3.48. The number of anilines is 1. The van der Waals surface area contributed by atoms with E-state index in [1.807, 2.05) is 18.2 Å². The van der Waals surface area contributed by atoms with Crippen molar-refractivity contribution in [2.75, 3.05) is 32.8 Å². The Morgan fingerprint density at radius 2 is 1.78 bits per heavy atom. The highest BCUT2D eigenvalue weighted by molar-refractivity contribution is 5.92. The molecule has 2 N–H and O–H groups in total. The summed E-state index contributed by atoms with van der Waals surface area (Å²) in [5.41, 5.74) is 1.22. The van der Waals surface area contributed by atoms with Crippen LogP contribution in [-0.2, 0) is 5.54 Å². The number of hydrogen-bond donors (Lipinski definition) is 2. The molecule has 7 nitrogen and oxygen atoms in total. The lowest BCUT2D eigenvalue weighted by atomic mass is 10.0. The quantitative estimate of drug-likeness (QED) is 0.845. The Labute approximate surface area is 157 Å². The second-order valence-corrected chi connectivity index (χ2v) is 6.59. The topological polar surface area (TPSA) is 78.1 Å². The zero-order chi connectivity index (χ0) is 18.9. The summed E-state index contributed by atoms with van der Waals surface area (Å²) in [5, 5.41) is 5.94. The molecule has 1 aliphatic carbocycles. The first-order chi connectivity index (χ1) is 13.1. The third-order valence-electron chi connectivity index (χ3n) is 4.85. The van der Waals surface area contributed by atoms with E-state index in [9.17, 15) is 4.79 Å². The summed E-state index contributed by atoms with van der Waals surface area (Å²) in [7, 11) is 3.13. The SMILES string of the molecule is COc1ccc(NC(=O)NC2(c3ccc4c(c3)OCCO4)CC2)c(OC)c1. The molecule has 142 valence electrons. The van der Waals surface area contributed by atoms with Crippen LogP contribution in [0.25, 0.3) is 0 Å². The van der Waals surface area contributed by atoms with Crippen LogP contribution in [0.5, 0.6) is 23.0 Å². The molecule has 0 bridgehead atoms. The van der Waals surface area contributed by atoms with Crippen molar-refractivity contribution in [3.63, 3.8) is 0 Å². The van der Waals surface area contributed by atoms with Gasteiger partial charge in [0.15, 0.2) is 11.5 Å². The van der Waals surface area contributed by atoms with E-state index in [0.717, 1.165) is 29.9 Å². The fourth-order valence-corrected chi connectivity index (χ4v) is 3.22. The summed E-state index contributed by atoms with van der Waals surface area (Å²) in [6.07, 6.45) is 1.75. The van der Waals surface area contributed by atoms with E-state index in [-0.39, 0.29) is 11.6 Å². The van der Waals surface area contributed by atoms with Gasteiger partial charge in [0.2, 0.25) is 0 Å². The van der Waals surface area contributed by atoms with E-state index in [2.05, 4.69) is 10.6 Å². The number of methoxy groups -OCH3 is 2. The molecule has 0 radical (unpaired) electrons. The first kappa shape index (κ1) is 17.3. The van der Waals surface area contributed by atoms with Crippen LogP contribution in [0.1, 0.15) is 18.4 Å². The molecule has 1 saturated carbocycles. The molecule has 0 spiro atoms. The molecule has 0 atom stereocenters. The standard InChI is InChI=1S/C20H22N2O5/c1-24-14-4-5-15(17(12-14)25-2)21-19(23)22-20(7-8-20)13-3-6-16-18(11-13)27-10-9-26-16/h3-6,11-12H,7-10H2,1-2H3,(H2,21,22,23). The number of amides is 2. The molecule has 2 aromatic carbocycles. The van der Waals surface area contributed by atoms with Crippen LogP contribution in [0.3, 0.4) is 0 Å². The second kappa shape index (κ2) is 6.90. The van der Waals surface area contributed by atoms with Crippen LogP contribution in [0.2, 0.25) is 0 Å². The zero-order valence-electron chi connectivity index (χ0n) is 15.3. The molecule has 1 heterocycles. The fraction of sp³-hybridized carbons (Fsp3) is 0.350. The van der Waals surface area contributed by atoms with Crippen molar-refractivity contribution in [2.45, 2.75) is 18.4 Å². The van der Waals surface area contributed by atoms with Crippen molar-refractivity contribution < 1.29 is 23.7 Å². The van der Waals surface area contributed by atoms with Crippen molar-refractivity contribution in [3.05, 3.63) is 42.0 Å². The van der Waals surface area contributed by atoms with Gasteiger partial charge in [-0.15, -0.1) is 0 Å². The maximum Gasteiger partial charge on any atom is 0.320 e. The first-order valence-corrected chi connectivity index (χ1v) is 8.85. The third-order valence-corrected chi connectivity index (χ3v) is 4.85. The van der Waals surface area contributed by atoms with Crippen molar-refractivity contribution >= 4 is 11.7 Å². The van der Waals surface area contributed by atoms with Gasteiger partial charge < -0.3 is 29.6 Å². The van der Waals surface area contributed by atoms with Gasteiger partial charge in [-0.05, 0) is 42.7 Å². The van der Waals surface area contributed by atoms with Gasteiger partial charge in [0.25, 0.3) is 0 Å². The van der Waals surface area contributed by atoms with Crippen molar-refractivity contribution in [2.24, 2.45) is 0 Å². The lowest BCUT2D eigenvalue weighted by molar-refractivity contribution is 0.171. The number of carbonyl (C=O) groups is 1. The number of ether oxygens (including phenoxy) is 4. The number of carbonyl (C=O) groups excluding carboxylic acids is 1. The first-order valence-electron chi connectivity index (χ1n) is 8.85. The Morgan fingerprint density at radius 1 is 1.00 bits per heavy atom. The number of urea groups is 1. The highest BCUT2D eigenvalue weighted by Crippen LogP contribution is 2.48. The average molecular weight is 370 g/mol. The summed E-state index contributed by atoms with van der Waals surface area (Å²) < 4.78 is 21.7. The fourth-order valence-electron chi connectivity index (χ4n) is 3.22. The number of benzene rings is 2. The molecule has 27 heavy (non-hydrogen) atoms. The van der Waals surface area contributed by atoms with Crippen molar-refractivity contribution in [1.29, 1.82) is 0 Å². The molecule has 0 aromatic heterocycles. The lowest BCUT2D eigenvalue weighted by Crippen LogP contribution is -2.38.